The molecule has 0 radical (unpaired) electrons. The minimum Gasteiger partial charge on any atom is -0.457 e. The summed E-state index contributed by atoms with van der Waals surface area (Å²) in [6.07, 6.45) is 3.30. The average Bonchev–Trinajstić information content (AvgIpc) is 3.20. The number of likely N-dealkylation sites (tertiary alicyclic amines) is 1. The third kappa shape index (κ3) is 5.62. The number of piperidine rings is 1. The van der Waals surface area contributed by atoms with E-state index in [0.29, 0.717) is 34.5 Å². The summed E-state index contributed by atoms with van der Waals surface area (Å²) in [7, 11) is 3.95. The molecule has 1 saturated heterocycles. The third-order valence-electron chi connectivity index (χ3n) is 7.06. The number of ether oxygens (including phenoxy) is 1. The topological polar surface area (TPSA) is 84.3 Å². The lowest BCUT2D eigenvalue weighted by Gasteiger charge is -2.27. The van der Waals surface area contributed by atoms with Gasteiger partial charge in [-0.2, -0.15) is 0 Å². The summed E-state index contributed by atoms with van der Waals surface area (Å²) in [5, 5.41) is 6.06. The number of carbonyl (C=O) groups is 1. The summed E-state index contributed by atoms with van der Waals surface area (Å²) in [6, 6.07) is 14.1. The maximum Gasteiger partial charge on any atom is 0.228 e. The van der Waals surface area contributed by atoms with Crippen molar-refractivity contribution in [3.05, 3.63) is 66.1 Å². The first-order valence-corrected chi connectivity index (χ1v) is 12.9. The van der Waals surface area contributed by atoms with Gasteiger partial charge in [-0.05, 0) is 74.8 Å². The van der Waals surface area contributed by atoms with Gasteiger partial charge in [0, 0.05) is 31.3 Å². The zero-order valence-corrected chi connectivity index (χ0v) is 22.2. The van der Waals surface area contributed by atoms with Crippen molar-refractivity contribution < 1.29 is 13.9 Å². The molecule has 9 heteroatoms. The summed E-state index contributed by atoms with van der Waals surface area (Å²) < 4.78 is 22.4. The molecule has 1 aliphatic rings. The van der Waals surface area contributed by atoms with Crippen molar-refractivity contribution in [2.24, 2.45) is 13.0 Å². The van der Waals surface area contributed by atoms with Crippen LogP contribution in [-0.4, -0.2) is 45.5 Å². The van der Waals surface area contributed by atoms with Crippen molar-refractivity contribution >= 4 is 34.4 Å². The molecule has 2 aromatic carbocycles. The molecule has 0 bridgehead atoms. The van der Waals surface area contributed by atoms with Gasteiger partial charge in [-0.3, -0.25) is 4.79 Å². The second-order valence-corrected chi connectivity index (χ2v) is 10.2. The number of aryl methyl sites for hydroxylation is 1. The van der Waals surface area contributed by atoms with Crippen molar-refractivity contribution in [2.45, 2.75) is 32.6 Å². The van der Waals surface area contributed by atoms with Crippen LogP contribution in [0.5, 0.6) is 11.5 Å². The van der Waals surface area contributed by atoms with E-state index in [1.165, 1.54) is 6.07 Å². The number of fused-ring (bicyclic) bond motifs is 1. The maximum atomic E-state index is 14.5. The molecule has 2 N–H and O–H groups in total. The molecule has 1 fully saturated rings. The second kappa shape index (κ2) is 10.8. The number of imidazole rings is 1. The quantitative estimate of drug-likeness (QED) is 0.311. The molecule has 0 spiro atoms. The molecule has 38 heavy (non-hydrogen) atoms. The fraction of sp³-hybridized carbons (Fsp3) is 0.345. The van der Waals surface area contributed by atoms with Crippen molar-refractivity contribution in [1.82, 2.24) is 19.4 Å². The van der Waals surface area contributed by atoms with E-state index in [0.717, 1.165) is 37.0 Å². The lowest BCUT2D eigenvalue weighted by molar-refractivity contribution is -0.121. The lowest BCUT2D eigenvalue weighted by Crippen LogP contribution is -2.36. The monoisotopic (exact) mass is 516 g/mol. The van der Waals surface area contributed by atoms with Gasteiger partial charge in [0.1, 0.15) is 23.1 Å². The fourth-order valence-electron chi connectivity index (χ4n) is 4.65. The highest BCUT2D eigenvalue weighted by Gasteiger charge is 2.23. The van der Waals surface area contributed by atoms with E-state index in [1.54, 1.807) is 24.4 Å². The number of hydrogen-bond donors (Lipinski definition) is 2. The van der Waals surface area contributed by atoms with Crippen LogP contribution in [0.3, 0.4) is 0 Å². The first-order chi connectivity index (χ1) is 18.3. The first-order valence-electron chi connectivity index (χ1n) is 12.9. The number of amides is 1. The van der Waals surface area contributed by atoms with Gasteiger partial charge < -0.3 is 24.8 Å². The van der Waals surface area contributed by atoms with E-state index in [9.17, 15) is 9.18 Å². The zero-order valence-electron chi connectivity index (χ0n) is 22.2. The molecule has 1 amide bonds. The fourth-order valence-corrected chi connectivity index (χ4v) is 4.65. The number of nitrogens with one attached hydrogen (secondary N) is 2. The van der Waals surface area contributed by atoms with Crippen LogP contribution in [0.25, 0.3) is 11.0 Å². The van der Waals surface area contributed by atoms with Crippen molar-refractivity contribution in [3.63, 3.8) is 0 Å². The molecular weight excluding hydrogens is 483 g/mol. The van der Waals surface area contributed by atoms with Gasteiger partial charge in [0.05, 0.1) is 16.7 Å². The van der Waals surface area contributed by atoms with Crippen LogP contribution in [-0.2, 0) is 11.8 Å². The highest BCUT2D eigenvalue weighted by molar-refractivity contribution is 5.92. The summed E-state index contributed by atoms with van der Waals surface area (Å²) >= 11 is 0. The Labute approximate surface area is 221 Å². The summed E-state index contributed by atoms with van der Waals surface area (Å²) in [4.78, 5) is 23.9. The van der Waals surface area contributed by atoms with E-state index in [1.807, 2.05) is 35.9 Å². The average molecular weight is 517 g/mol. The number of aromatic nitrogens is 3. The van der Waals surface area contributed by atoms with Crippen LogP contribution in [0, 0.1) is 11.7 Å². The van der Waals surface area contributed by atoms with Gasteiger partial charge >= 0.3 is 0 Å². The van der Waals surface area contributed by atoms with Gasteiger partial charge in [0.15, 0.2) is 0 Å². The van der Waals surface area contributed by atoms with Crippen LogP contribution in [0.1, 0.15) is 38.2 Å². The molecule has 0 unspecified atom stereocenters. The molecule has 8 nitrogen and oxygen atoms in total. The number of halogens is 1. The van der Waals surface area contributed by atoms with Crippen LogP contribution >= 0.6 is 0 Å². The number of pyridine rings is 1. The number of nitrogens with zero attached hydrogens (tertiary/aromatic N) is 4. The van der Waals surface area contributed by atoms with Crippen LogP contribution in [0.4, 0.5) is 21.8 Å². The molecular formula is C29H33FN6O2. The van der Waals surface area contributed by atoms with Crippen LogP contribution < -0.4 is 15.4 Å². The normalized spacial score (nSPS) is 14.7. The highest BCUT2D eigenvalue weighted by atomic mass is 19.1. The SMILES string of the molecule is CC(C)c1ccc(F)c(Nc2nc3cc(Oc4ccnc(NC(=O)C5CCN(C)CC5)c4)ccc3n2C)c1. The molecule has 0 aliphatic carbocycles. The van der Waals surface area contributed by atoms with Crippen LogP contribution in [0.15, 0.2) is 54.7 Å². The number of hydrogen-bond acceptors (Lipinski definition) is 6. The summed E-state index contributed by atoms with van der Waals surface area (Å²) in [5.41, 5.74) is 3.01. The van der Waals surface area contributed by atoms with Gasteiger partial charge in [-0.25, -0.2) is 14.4 Å². The highest BCUT2D eigenvalue weighted by Crippen LogP contribution is 2.30. The molecule has 3 heterocycles. The predicted molar refractivity (Wildman–Crippen MR) is 148 cm³/mol. The summed E-state index contributed by atoms with van der Waals surface area (Å²) in [6.45, 7) is 5.98. The number of rotatable bonds is 7. The largest absolute Gasteiger partial charge is 0.457 e. The Morgan fingerprint density at radius 1 is 1.05 bits per heavy atom. The van der Waals surface area contributed by atoms with E-state index in [4.69, 9.17) is 4.74 Å². The van der Waals surface area contributed by atoms with E-state index < -0.39 is 0 Å². The smallest absolute Gasteiger partial charge is 0.228 e. The molecule has 4 aromatic rings. The van der Waals surface area contributed by atoms with Gasteiger partial charge in [-0.1, -0.05) is 19.9 Å². The van der Waals surface area contributed by atoms with Gasteiger partial charge in [0.25, 0.3) is 0 Å². The maximum absolute atomic E-state index is 14.5. The number of carbonyl (C=O) groups excluding carboxylic acids is 1. The molecule has 1 aliphatic heterocycles. The zero-order chi connectivity index (χ0) is 26.8. The molecule has 198 valence electrons. The lowest BCUT2D eigenvalue weighted by atomic mass is 9.96. The van der Waals surface area contributed by atoms with E-state index in [-0.39, 0.29) is 23.6 Å². The number of benzene rings is 2. The van der Waals surface area contributed by atoms with E-state index in [2.05, 4.69) is 46.4 Å². The molecule has 0 saturated carbocycles. The van der Waals surface area contributed by atoms with Crippen molar-refractivity contribution in [2.75, 3.05) is 30.8 Å². The Balaban J connectivity index is 1.30. The van der Waals surface area contributed by atoms with Crippen LogP contribution in [0.2, 0.25) is 0 Å². The Kier molecular flexibility index (Phi) is 7.28. The predicted octanol–water partition coefficient (Wildman–Crippen LogP) is 6.05. The standard InChI is InChI=1S/C29H33FN6O2/c1-18(2)20-5-7-23(30)24(15-20)32-29-33-25-16-21(6-8-26(25)36(29)4)38-22-9-12-31-27(17-22)34-28(37)19-10-13-35(3)14-11-19/h5-9,12,15-19H,10-11,13-14H2,1-4H3,(H,32,33)(H,31,34,37). The Morgan fingerprint density at radius 3 is 2.58 bits per heavy atom. The Hall–Kier alpha value is -3.98. The van der Waals surface area contributed by atoms with Gasteiger partial charge in [0.2, 0.25) is 11.9 Å². The second-order valence-electron chi connectivity index (χ2n) is 10.2. The van der Waals surface area contributed by atoms with Crippen molar-refractivity contribution in [1.29, 1.82) is 0 Å². The van der Waals surface area contributed by atoms with Crippen molar-refractivity contribution in [3.8, 4) is 11.5 Å². The van der Waals surface area contributed by atoms with Gasteiger partial charge in [-0.15, -0.1) is 0 Å². The number of anilines is 3. The molecule has 5 rings (SSSR count). The summed E-state index contributed by atoms with van der Waals surface area (Å²) in [5.74, 6) is 2.08. The molecule has 2 aromatic heterocycles. The third-order valence-corrected chi connectivity index (χ3v) is 7.06. The van der Waals surface area contributed by atoms with E-state index >= 15 is 0 Å². The minimum absolute atomic E-state index is 0.00624. The minimum atomic E-state index is -0.332. The Morgan fingerprint density at radius 2 is 1.82 bits per heavy atom. The molecule has 0 atom stereocenters. The Bertz CT molecular complexity index is 1460. The first kappa shape index (κ1) is 25.7.